The van der Waals surface area contributed by atoms with Crippen LogP contribution >= 0.6 is 7.14 Å². The summed E-state index contributed by atoms with van der Waals surface area (Å²) in [6.45, 7) is 0. The van der Waals surface area contributed by atoms with Gasteiger partial charge in [-0.2, -0.15) is 0 Å². The highest BCUT2D eigenvalue weighted by molar-refractivity contribution is 7.85. The van der Waals surface area contributed by atoms with Crippen molar-refractivity contribution in [2.45, 2.75) is 5.41 Å². The third-order valence-corrected chi connectivity index (χ3v) is 14.1. The molecule has 0 N–H and O–H groups in total. The van der Waals surface area contributed by atoms with Gasteiger partial charge in [-0.15, -0.1) is 0 Å². The molecule has 0 radical (unpaired) electrons. The molecule has 0 heterocycles. The summed E-state index contributed by atoms with van der Waals surface area (Å²) in [6.07, 6.45) is 0. The van der Waals surface area contributed by atoms with Crippen molar-refractivity contribution in [1.82, 2.24) is 0 Å². The van der Waals surface area contributed by atoms with Crippen molar-refractivity contribution in [2.24, 2.45) is 0 Å². The number of benzene rings is 8. The summed E-state index contributed by atoms with van der Waals surface area (Å²) in [5.74, 6) is 0. The van der Waals surface area contributed by atoms with Gasteiger partial charge in [-0.1, -0.05) is 194 Å². The molecule has 8 aromatic carbocycles. The summed E-state index contributed by atoms with van der Waals surface area (Å²) >= 11 is 0. The maximum atomic E-state index is 16.3. The summed E-state index contributed by atoms with van der Waals surface area (Å²) in [5.41, 5.74) is 14.0. The summed E-state index contributed by atoms with van der Waals surface area (Å²) in [6, 6.07) is 70.7. The lowest BCUT2D eigenvalue weighted by molar-refractivity contribution is 0.592. The van der Waals surface area contributed by atoms with Crippen molar-refractivity contribution in [1.29, 1.82) is 0 Å². The van der Waals surface area contributed by atoms with E-state index in [9.17, 15) is 0 Å². The third-order valence-electron chi connectivity index (χ3n) is 11.0. The van der Waals surface area contributed by atoms with Gasteiger partial charge in [0, 0.05) is 15.9 Å². The molecule has 0 amide bonds. The smallest absolute Gasteiger partial charge is 0.171 e. The summed E-state index contributed by atoms with van der Waals surface area (Å²) in [7, 11) is -3.35. The molecule has 1 nitrogen and oxygen atoms in total. The highest BCUT2D eigenvalue weighted by Crippen LogP contribution is 2.63. The molecule has 0 fully saturated rings. The molecule has 2 aliphatic carbocycles. The molecule has 0 aromatic heterocycles. The fourth-order valence-electron chi connectivity index (χ4n) is 8.71. The monoisotopic (exact) mass is 668 g/mol. The molecule has 0 saturated carbocycles. The van der Waals surface area contributed by atoms with Crippen molar-refractivity contribution in [3.63, 3.8) is 0 Å². The molecule has 2 heteroatoms. The minimum absolute atomic E-state index is 0.506. The Morgan fingerprint density at radius 3 is 1.06 bits per heavy atom. The lowest BCUT2D eigenvalue weighted by Gasteiger charge is -2.31. The summed E-state index contributed by atoms with van der Waals surface area (Å²) < 4.78 is 16.3. The zero-order valence-electron chi connectivity index (χ0n) is 27.9. The van der Waals surface area contributed by atoms with Crippen LogP contribution in [0.3, 0.4) is 0 Å². The van der Waals surface area contributed by atoms with E-state index in [4.69, 9.17) is 0 Å². The SMILES string of the molecule is O=P(c1ccc(-c2ccccc2)cc1)(c1ccc(-c2ccccc2)cc1)c1ccc2c(c1)C1(c3ccccc3-c3ccccc31)c1ccccc1-2. The highest BCUT2D eigenvalue weighted by Gasteiger charge is 2.52. The summed E-state index contributed by atoms with van der Waals surface area (Å²) in [5, 5.41) is 2.49. The molecule has 0 atom stereocenters. The van der Waals surface area contributed by atoms with Gasteiger partial charge >= 0.3 is 0 Å². The maximum absolute atomic E-state index is 16.3. The standard InChI is InChI=1S/C49H33OP/c50-51(38-27-23-36(24-28-38)34-13-3-1-4-14-34,39-29-25-37(26-30-39)35-15-5-2-6-16-35)40-31-32-44-43-19-9-12-22-47(43)49(48(44)33-40)45-20-10-7-17-41(45)42-18-8-11-21-46(42)49/h1-33H. The van der Waals surface area contributed by atoms with Crippen LogP contribution in [0.4, 0.5) is 0 Å². The average Bonchev–Trinajstić information content (AvgIpc) is 3.68. The maximum Gasteiger partial charge on any atom is 0.171 e. The van der Waals surface area contributed by atoms with Crippen molar-refractivity contribution < 1.29 is 4.57 Å². The normalized spacial score (nSPS) is 13.3. The minimum Gasteiger partial charge on any atom is -0.309 e. The van der Waals surface area contributed by atoms with Gasteiger partial charge in [0.1, 0.15) is 0 Å². The lowest BCUT2D eigenvalue weighted by Crippen LogP contribution is -2.29. The van der Waals surface area contributed by atoms with Gasteiger partial charge in [0.25, 0.3) is 0 Å². The van der Waals surface area contributed by atoms with Gasteiger partial charge in [-0.25, -0.2) is 0 Å². The van der Waals surface area contributed by atoms with E-state index in [2.05, 4.69) is 188 Å². The number of hydrogen-bond acceptors (Lipinski definition) is 1. The van der Waals surface area contributed by atoms with Crippen LogP contribution in [0.15, 0.2) is 200 Å². The Morgan fingerprint density at radius 2 is 0.627 bits per heavy atom. The zero-order chi connectivity index (χ0) is 34.0. The molecule has 0 unspecified atom stereocenters. The second-order valence-corrected chi connectivity index (χ2v) is 16.3. The fourth-order valence-corrected chi connectivity index (χ4v) is 11.3. The van der Waals surface area contributed by atoms with E-state index in [1.165, 1.54) is 44.5 Å². The summed E-state index contributed by atoms with van der Waals surface area (Å²) in [4.78, 5) is 0. The third kappa shape index (κ3) is 4.32. The first-order valence-corrected chi connectivity index (χ1v) is 19.2. The van der Waals surface area contributed by atoms with E-state index >= 15 is 4.57 Å². The Kier molecular flexibility index (Phi) is 6.75. The molecule has 8 aromatic rings. The zero-order valence-corrected chi connectivity index (χ0v) is 28.8. The number of hydrogen-bond donors (Lipinski definition) is 0. The molecule has 1 spiro atoms. The van der Waals surface area contributed by atoms with Crippen molar-refractivity contribution in [2.75, 3.05) is 0 Å². The van der Waals surface area contributed by atoms with E-state index in [0.29, 0.717) is 0 Å². The van der Waals surface area contributed by atoms with Gasteiger partial charge in [0.2, 0.25) is 0 Å². The van der Waals surface area contributed by atoms with Crippen LogP contribution in [-0.4, -0.2) is 0 Å². The van der Waals surface area contributed by atoms with Crippen LogP contribution in [-0.2, 0) is 9.98 Å². The van der Waals surface area contributed by atoms with E-state index in [0.717, 1.165) is 38.2 Å². The highest BCUT2D eigenvalue weighted by atomic mass is 31.2. The molecule has 51 heavy (non-hydrogen) atoms. The Morgan fingerprint density at radius 1 is 0.294 bits per heavy atom. The van der Waals surface area contributed by atoms with Crippen LogP contribution in [0.25, 0.3) is 44.5 Å². The van der Waals surface area contributed by atoms with Crippen LogP contribution in [0, 0.1) is 0 Å². The molecule has 2 aliphatic rings. The topological polar surface area (TPSA) is 17.1 Å². The van der Waals surface area contributed by atoms with Gasteiger partial charge in [0.05, 0.1) is 5.41 Å². The van der Waals surface area contributed by atoms with Crippen LogP contribution in [0.2, 0.25) is 0 Å². The van der Waals surface area contributed by atoms with E-state index in [1.54, 1.807) is 0 Å². The molecule has 0 bridgehead atoms. The molecular weight excluding hydrogens is 636 g/mol. The largest absolute Gasteiger partial charge is 0.309 e. The average molecular weight is 669 g/mol. The van der Waals surface area contributed by atoms with Crippen LogP contribution < -0.4 is 15.9 Å². The van der Waals surface area contributed by atoms with Crippen molar-refractivity contribution >= 4 is 23.1 Å². The van der Waals surface area contributed by atoms with E-state index in [-0.39, 0.29) is 0 Å². The molecular formula is C49H33OP. The van der Waals surface area contributed by atoms with Crippen LogP contribution in [0.5, 0.6) is 0 Å². The first-order valence-electron chi connectivity index (χ1n) is 17.5. The first kappa shape index (κ1) is 29.9. The van der Waals surface area contributed by atoms with Gasteiger partial charge in [0.15, 0.2) is 7.14 Å². The minimum atomic E-state index is -3.35. The fraction of sp³-hybridized carbons (Fsp3) is 0.0204. The predicted octanol–water partition coefficient (Wildman–Crippen LogP) is 11.0. The Balaban J connectivity index is 1.21. The van der Waals surface area contributed by atoms with E-state index in [1.807, 2.05) is 12.1 Å². The van der Waals surface area contributed by atoms with Crippen LogP contribution in [0.1, 0.15) is 22.3 Å². The van der Waals surface area contributed by atoms with Gasteiger partial charge < -0.3 is 4.57 Å². The molecule has 0 aliphatic heterocycles. The molecule has 240 valence electrons. The molecule has 0 saturated heterocycles. The first-order chi connectivity index (χ1) is 25.2. The number of fused-ring (bicyclic) bond motifs is 10. The lowest BCUT2D eigenvalue weighted by atomic mass is 9.70. The van der Waals surface area contributed by atoms with Crippen molar-refractivity contribution in [3.8, 4) is 44.5 Å². The predicted molar refractivity (Wildman–Crippen MR) is 213 cm³/mol. The van der Waals surface area contributed by atoms with Gasteiger partial charge in [-0.05, 0) is 72.8 Å². The second kappa shape index (κ2) is 11.5. The van der Waals surface area contributed by atoms with Crippen molar-refractivity contribution in [3.05, 3.63) is 222 Å². The quantitative estimate of drug-likeness (QED) is 0.167. The second-order valence-electron chi connectivity index (χ2n) is 13.6. The Bertz CT molecular complexity index is 2490. The van der Waals surface area contributed by atoms with Gasteiger partial charge in [-0.3, -0.25) is 0 Å². The number of rotatable bonds is 5. The van der Waals surface area contributed by atoms with E-state index < -0.39 is 12.6 Å². The molecule has 10 rings (SSSR count). The Hall–Kier alpha value is -6.01. The Labute approximate surface area is 298 Å².